The molecule has 140 valence electrons. The first-order chi connectivity index (χ1) is 12.2. The Kier molecular flexibility index (Phi) is 7.04. The van der Waals surface area contributed by atoms with Crippen molar-refractivity contribution in [3.63, 3.8) is 0 Å². The van der Waals surface area contributed by atoms with Crippen molar-refractivity contribution in [2.24, 2.45) is 5.41 Å². The Bertz CT molecular complexity index is 744. The van der Waals surface area contributed by atoms with Gasteiger partial charge in [-0.1, -0.05) is 62.2 Å². The van der Waals surface area contributed by atoms with Gasteiger partial charge in [-0.25, -0.2) is 0 Å². The van der Waals surface area contributed by atoms with E-state index in [9.17, 15) is 9.59 Å². The fraction of sp³-hybridized carbons (Fsp3) is 0.400. The van der Waals surface area contributed by atoms with Crippen molar-refractivity contribution in [1.29, 1.82) is 0 Å². The number of carbonyl (C=O) groups is 2. The summed E-state index contributed by atoms with van der Waals surface area (Å²) in [4.78, 5) is 30.1. The third-order valence-electron chi connectivity index (χ3n) is 4.13. The van der Waals surface area contributed by atoms with E-state index >= 15 is 0 Å². The zero-order valence-electron chi connectivity index (χ0n) is 15.2. The molecular formula is C20H23Cl2NO3. The van der Waals surface area contributed by atoms with E-state index in [4.69, 9.17) is 28.0 Å². The summed E-state index contributed by atoms with van der Waals surface area (Å²) in [5.41, 5.74) is 4.10. The SMILES string of the molecule is CCC(NOC/C=C/c1ccc(Cl)cc1Cl)=C1C(=O)CC(C)(C)CC1=O. The highest BCUT2D eigenvalue weighted by molar-refractivity contribution is 6.35. The van der Waals surface area contributed by atoms with Crippen molar-refractivity contribution >= 4 is 40.8 Å². The molecule has 1 N–H and O–H groups in total. The Balaban J connectivity index is 1.97. The van der Waals surface area contributed by atoms with E-state index in [1.165, 1.54) is 0 Å². The lowest BCUT2D eigenvalue weighted by molar-refractivity contribution is -0.127. The van der Waals surface area contributed by atoms with Crippen LogP contribution in [0.2, 0.25) is 10.0 Å². The first-order valence-corrected chi connectivity index (χ1v) is 9.28. The minimum atomic E-state index is -0.280. The maximum atomic E-state index is 12.3. The minimum Gasteiger partial charge on any atom is -0.294 e. The van der Waals surface area contributed by atoms with Crippen molar-refractivity contribution in [3.05, 3.63) is 51.2 Å². The Morgan fingerprint density at radius 3 is 2.46 bits per heavy atom. The summed E-state index contributed by atoms with van der Waals surface area (Å²) in [6, 6.07) is 5.24. The number of rotatable bonds is 6. The smallest absolute Gasteiger partial charge is 0.168 e. The zero-order chi connectivity index (χ0) is 19.3. The number of hydrogen-bond acceptors (Lipinski definition) is 4. The summed E-state index contributed by atoms with van der Waals surface area (Å²) in [6.45, 7) is 6.00. The van der Waals surface area contributed by atoms with Gasteiger partial charge in [0.1, 0.15) is 0 Å². The first-order valence-electron chi connectivity index (χ1n) is 8.52. The number of ketones is 2. The maximum Gasteiger partial charge on any atom is 0.168 e. The predicted octanol–water partition coefficient (Wildman–Crippen LogP) is 5.15. The second-order valence-electron chi connectivity index (χ2n) is 7.05. The molecule has 2 rings (SSSR count). The monoisotopic (exact) mass is 395 g/mol. The Morgan fingerprint density at radius 1 is 1.23 bits per heavy atom. The molecule has 26 heavy (non-hydrogen) atoms. The fourth-order valence-corrected chi connectivity index (χ4v) is 3.36. The summed E-state index contributed by atoms with van der Waals surface area (Å²) in [6.07, 6.45) is 4.86. The summed E-state index contributed by atoms with van der Waals surface area (Å²) < 4.78 is 0. The van der Waals surface area contributed by atoms with E-state index in [1.807, 2.05) is 32.9 Å². The molecule has 0 radical (unpaired) electrons. The third kappa shape index (κ3) is 5.44. The van der Waals surface area contributed by atoms with Crippen molar-refractivity contribution in [3.8, 4) is 0 Å². The van der Waals surface area contributed by atoms with Gasteiger partial charge in [-0.05, 0) is 29.5 Å². The van der Waals surface area contributed by atoms with Crippen LogP contribution in [0.25, 0.3) is 6.08 Å². The summed E-state index contributed by atoms with van der Waals surface area (Å²) >= 11 is 12.0. The molecule has 1 fully saturated rings. The van der Waals surface area contributed by atoms with Gasteiger partial charge in [0.2, 0.25) is 0 Å². The van der Waals surface area contributed by atoms with Crippen LogP contribution in [-0.2, 0) is 14.4 Å². The fourth-order valence-electron chi connectivity index (χ4n) is 2.89. The molecule has 0 heterocycles. The zero-order valence-corrected chi connectivity index (χ0v) is 16.7. The number of carbonyl (C=O) groups excluding carboxylic acids is 2. The van der Waals surface area contributed by atoms with Gasteiger partial charge in [0.05, 0.1) is 17.9 Å². The highest BCUT2D eigenvalue weighted by atomic mass is 35.5. The second-order valence-corrected chi connectivity index (χ2v) is 7.90. The number of nitrogens with one attached hydrogen (secondary N) is 1. The van der Waals surface area contributed by atoms with E-state index in [0.29, 0.717) is 35.0 Å². The predicted molar refractivity (Wildman–Crippen MR) is 105 cm³/mol. The lowest BCUT2D eigenvalue weighted by atomic mass is 9.73. The van der Waals surface area contributed by atoms with E-state index in [0.717, 1.165) is 5.56 Å². The molecule has 1 aromatic rings. The number of benzene rings is 1. The standard InChI is InChI=1S/C20H23Cl2NO3/c1-4-16(19-17(24)11-20(2,3)12-18(19)25)23-26-9-5-6-13-7-8-14(21)10-15(13)22/h5-8,10,23H,4,9,11-12H2,1-3H3/b6-5+. The Labute approximate surface area is 164 Å². The number of hydroxylamine groups is 1. The molecule has 0 saturated heterocycles. The largest absolute Gasteiger partial charge is 0.294 e. The number of Topliss-reactive ketones (excluding diaryl/α,β-unsaturated/α-hetero) is 2. The molecule has 1 saturated carbocycles. The van der Waals surface area contributed by atoms with Crippen LogP contribution >= 0.6 is 23.2 Å². The van der Waals surface area contributed by atoms with Crippen molar-refractivity contribution in [2.75, 3.05) is 6.61 Å². The van der Waals surface area contributed by atoms with Gasteiger partial charge in [-0.2, -0.15) is 0 Å². The molecule has 0 aromatic heterocycles. The molecule has 0 aliphatic heterocycles. The number of halogens is 2. The highest BCUT2D eigenvalue weighted by Crippen LogP contribution is 2.34. The quantitative estimate of drug-likeness (QED) is 0.313. The lowest BCUT2D eigenvalue weighted by Crippen LogP contribution is -2.34. The molecule has 4 nitrogen and oxygen atoms in total. The van der Waals surface area contributed by atoms with E-state index < -0.39 is 0 Å². The van der Waals surface area contributed by atoms with Crippen LogP contribution < -0.4 is 5.48 Å². The van der Waals surface area contributed by atoms with Gasteiger partial charge < -0.3 is 0 Å². The van der Waals surface area contributed by atoms with Crippen molar-refractivity contribution < 1.29 is 14.4 Å². The van der Waals surface area contributed by atoms with Crippen molar-refractivity contribution in [1.82, 2.24) is 5.48 Å². The van der Waals surface area contributed by atoms with Crippen LogP contribution in [0.1, 0.15) is 45.6 Å². The molecule has 1 aliphatic rings. The Hall–Kier alpha value is -1.62. The van der Waals surface area contributed by atoms with Crippen LogP contribution in [-0.4, -0.2) is 18.2 Å². The van der Waals surface area contributed by atoms with E-state index in [-0.39, 0.29) is 29.2 Å². The average Bonchev–Trinajstić information content (AvgIpc) is 2.52. The normalized spacial score (nSPS) is 17.0. The van der Waals surface area contributed by atoms with Gasteiger partial charge in [0.25, 0.3) is 0 Å². The van der Waals surface area contributed by atoms with E-state index in [1.54, 1.807) is 18.2 Å². The van der Waals surface area contributed by atoms with Gasteiger partial charge in [-0.15, -0.1) is 0 Å². The molecule has 0 amide bonds. The first kappa shape index (κ1) is 20.7. The molecular weight excluding hydrogens is 373 g/mol. The topological polar surface area (TPSA) is 55.4 Å². The van der Waals surface area contributed by atoms with Crippen molar-refractivity contribution in [2.45, 2.75) is 40.0 Å². The highest BCUT2D eigenvalue weighted by Gasteiger charge is 2.37. The third-order valence-corrected chi connectivity index (χ3v) is 4.69. The molecule has 1 aromatic carbocycles. The maximum absolute atomic E-state index is 12.3. The summed E-state index contributed by atoms with van der Waals surface area (Å²) in [5, 5.41) is 1.13. The minimum absolute atomic E-state index is 0.123. The van der Waals surface area contributed by atoms with E-state index in [2.05, 4.69) is 5.48 Å². The van der Waals surface area contributed by atoms with Gasteiger partial charge in [0.15, 0.2) is 11.6 Å². The number of allylic oxidation sites excluding steroid dienone is 2. The molecule has 0 spiro atoms. The average molecular weight is 396 g/mol. The lowest BCUT2D eigenvalue weighted by Gasteiger charge is -2.29. The molecule has 6 heteroatoms. The van der Waals surface area contributed by atoms with Gasteiger partial charge in [-0.3, -0.25) is 19.9 Å². The van der Waals surface area contributed by atoms with Crippen LogP contribution in [0.5, 0.6) is 0 Å². The molecule has 1 aliphatic carbocycles. The van der Waals surface area contributed by atoms with Crippen LogP contribution in [0.15, 0.2) is 35.5 Å². The summed E-state index contributed by atoms with van der Waals surface area (Å²) in [7, 11) is 0. The Morgan fingerprint density at radius 2 is 1.88 bits per heavy atom. The summed E-state index contributed by atoms with van der Waals surface area (Å²) in [5.74, 6) is -0.245. The van der Waals surface area contributed by atoms with Crippen LogP contribution in [0.3, 0.4) is 0 Å². The molecule has 0 bridgehead atoms. The van der Waals surface area contributed by atoms with Gasteiger partial charge >= 0.3 is 0 Å². The van der Waals surface area contributed by atoms with Crippen LogP contribution in [0, 0.1) is 5.41 Å². The second kappa shape index (κ2) is 8.85. The molecule has 0 atom stereocenters. The number of hydrogen-bond donors (Lipinski definition) is 1. The van der Waals surface area contributed by atoms with Crippen LogP contribution in [0.4, 0.5) is 0 Å². The molecule has 0 unspecified atom stereocenters. The van der Waals surface area contributed by atoms with Gasteiger partial charge in [0, 0.05) is 22.9 Å².